The Morgan fingerprint density at radius 2 is 2.13 bits per heavy atom. The van der Waals surface area contributed by atoms with Crippen molar-refractivity contribution < 1.29 is 4.79 Å². The molecule has 0 aromatic rings. The van der Waals surface area contributed by atoms with Crippen molar-refractivity contribution in [2.75, 3.05) is 7.05 Å². The predicted molar refractivity (Wildman–Crippen MR) is 60.3 cm³/mol. The molecule has 86 valence electrons. The van der Waals surface area contributed by atoms with Crippen LogP contribution in [-0.2, 0) is 4.79 Å². The summed E-state index contributed by atoms with van der Waals surface area (Å²) in [6.45, 7) is 0. The van der Waals surface area contributed by atoms with Crippen LogP contribution in [-0.4, -0.2) is 18.5 Å². The number of carbonyl (C=O) groups is 1. The van der Waals surface area contributed by atoms with Gasteiger partial charge >= 0.3 is 0 Å². The first-order valence-corrected chi connectivity index (χ1v) is 6.12. The Hall–Kier alpha value is -0.570. The Kier molecular flexibility index (Phi) is 3.01. The minimum absolute atomic E-state index is 0.0112. The number of carbonyl (C=O) groups excluding carboxylic acids is 1. The number of hydrogen-bond acceptors (Lipinski definition) is 2. The molecule has 2 fully saturated rings. The van der Waals surface area contributed by atoms with E-state index in [0.717, 1.165) is 24.7 Å². The van der Waals surface area contributed by atoms with Crippen molar-refractivity contribution >= 4 is 5.91 Å². The summed E-state index contributed by atoms with van der Waals surface area (Å²) >= 11 is 0. The molecule has 3 N–H and O–H groups in total. The molecule has 0 aromatic heterocycles. The van der Waals surface area contributed by atoms with Gasteiger partial charge in [-0.2, -0.15) is 0 Å². The van der Waals surface area contributed by atoms with Crippen LogP contribution >= 0.6 is 0 Å². The van der Waals surface area contributed by atoms with Crippen LogP contribution in [0.15, 0.2) is 0 Å². The minimum Gasteiger partial charge on any atom is -0.370 e. The van der Waals surface area contributed by atoms with E-state index in [-0.39, 0.29) is 11.4 Å². The maximum Gasteiger partial charge on any atom is 0.219 e. The highest BCUT2D eigenvalue weighted by Crippen LogP contribution is 2.47. The van der Waals surface area contributed by atoms with Gasteiger partial charge in [0.15, 0.2) is 0 Å². The molecule has 2 saturated carbocycles. The fourth-order valence-corrected chi connectivity index (χ4v) is 3.19. The highest BCUT2D eigenvalue weighted by Gasteiger charge is 2.41. The lowest BCUT2D eigenvalue weighted by atomic mass is 9.72. The van der Waals surface area contributed by atoms with Crippen molar-refractivity contribution in [1.29, 1.82) is 0 Å². The molecule has 2 unspecified atom stereocenters. The van der Waals surface area contributed by atoms with Crippen LogP contribution < -0.4 is 11.1 Å². The quantitative estimate of drug-likeness (QED) is 0.737. The number of primary amides is 1. The molecule has 3 heteroatoms. The molecule has 2 rings (SSSR count). The Balaban J connectivity index is 1.99. The third-order valence-corrected chi connectivity index (χ3v) is 4.21. The fourth-order valence-electron chi connectivity index (χ4n) is 3.19. The van der Waals surface area contributed by atoms with Gasteiger partial charge in [-0.25, -0.2) is 0 Å². The maximum atomic E-state index is 11.1. The zero-order chi connectivity index (χ0) is 10.9. The average Bonchev–Trinajstić information content (AvgIpc) is 3.00. The minimum atomic E-state index is -0.166. The van der Waals surface area contributed by atoms with Crippen LogP contribution in [0.1, 0.15) is 44.9 Å². The van der Waals surface area contributed by atoms with E-state index in [9.17, 15) is 4.79 Å². The van der Waals surface area contributed by atoms with Gasteiger partial charge in [0.1, 0.15) is 0 Å². The average molecular weight is 210 g/mol. The maximum absolute atomic E-state index is 11.1. The first-order valence-electron chi connectivity index (χ1n) is 6.12. The normalized spacial score (nSPS) is 36.5. The lowest BCUT2D eigenvalue weighted by Crippen LogP contribution is -2.49. The topological polar surface area (TPSA) is 55.1 Å². The summed E-state index contributed by atoms with van der Waals surface area (Å²) < 4.78 is 0. The fraction of sp³-hybridized carbons (Fsp3) is 0.917. The number of rotatable bonds is 4. The molecular weight excluding hydrogens is 188 g/mol. The number of nitrogens with one attached hydrogen (secondary N) is 1. The van der Waals surface area contributed by atoms with Crippen molar-refractivity contribution in [1.82, 2.24) is 5.32 Å². The molecule has 2 aliphatic carbocycles. The second kappa shape index (κ2) is 4.12. The monoisotopic (exact) mass is 210 g/mol. The molecule has 0 bridgehead atoms. The van der Waals surface area contributed by atoms with E-state index in [1.165, 1.54) is 25.7 Å². The molecule has 2 aliphatic rings. The van der Waals surface area contributed by atoms with Crippen LogP contribution in [0.25, 0.3) is 0 Å². The predicted octanol–water partition coefficient (Wildman–Crippen LogP) is 1.42. The third kappa shape index (κ3) is 2.51. The number of nitrogens with two attached hydrogens (primary N) is 1. The van der Waals surface area contributed by atoms with E-state index in [2.05, 4.69) is 5.32 Å². The van der Waals surface area contributed by atoms with E-state index in [1.54, 1.807) is 0 Å². The molecule has 0 heterocycles. The van der Waals surface area contributed by atoms with Crippen LogP contribution in [0.4, 0.5) is 0 Å². The van der Waals surface area contributed by atoms with Crippen LogP contribution in [0.3, 0.4) is 0 Å². The summed E-state index contributed by atoms with van der Waals surface area (Å²) in [6.07, 6.45) is 8.17. The summed E-state index contributed by atoms with van der Waals surface area (Å²) in [5, 5.41) is 3.36. The Bertz CT molecular complexity index is 250. The molecule has 0 aliphatic heterocycles. The number of amides is 1. The first kappa shape index (κ1) is 10.9. The summed E-state index contributed by atoms with van der Waals surface area (Å²) in [6, 6.07) is 0. The Morgan fingerprint density at radius 3 is 2.67 bits per heavy atom. The zero-order valence-corrected chi connectivity index (χ0v) is 9.59. The molecule has 0 saturated heterocycles. The van der Waals surface area contributed by atoms with Crippen molar-refractivity contribution in [3.05, 3.63) is 0 Å². The molecule has 1 amide bonds. The lowest BCUT2D eigenvalue weighted by molar-refractivity contribution is -0.120. The second-order valence-corrected chi connectivity index (χ2v) is 5.37. The van der Waals surface area contributed by atoms with Gasteiger partial charge < -0.3 is 11.1 Å². The van der Waals surface area contributed by atoms with E-state index in [4.69, 9.17) is 5.73 Å². The van der Waals surface area contributed by atoms with Crippen LogP contribution in [0, 0.1) is 11.8 Å². The second-order valence-electron chi connectivity index (χ2n) is 5.37. The third-order valence-electron chi connectivity index (χ3n) is 4.21. The van der Waals surface area contributed by atoms with Crippen molar-refractivity contribution in [3.63, 3.8) is 0 Å². The Morgan fingerprint density at radius 1 is 1.40 bits per heavy atom. The smallest absolute Gasteiger partial charge is 0.219 e. The highest BCUT2D eigenvalue weighted by molar-refractivity contribution is 5.75. The van der Waals surface area contributed by atoms with E-state index in [0.29, 0.717) is 6.42 Å². The SMILES string of the molecule is CNC1(CC(N)=O)CCCC(C2CC2)C1. The first-order chi connectivity index (χ1) is 7.15. The number of hydrogen-bond donors (Lipinski definition) is 2. The van der Waals surface area contributed by atoms with E-state index < -0.39 is 0 Å². The van der Waals surface area contributed by atoms with Gasteiger partial charge in [0, 0.05) is 12.0 Å². The van der Waals surface area contributed by atoms with Gasteiger partial charge in [-0.15, -0.1) is 0 Å². The van der Waals surface area contributed by atoms with Gasteiger partial charge in [-0.3, -0.25) is 4.79 Å². The molecule has 0 radical (unpaired) electrons. The molecule has 15 heavy (non-hydrogen) atoms. The van der Waals surface area contributed by atoms with Crippen molar-refractivity contribution in [3.8, 4) is 0 Å². The Labute approximate surface area is 91.8 Å². The van der Waals surface area contributed by atoms with Crippen LogP contribution in [0.2, 0.25) is 0 Å². The molecule has 0 spiro atoms. The van der Waals surface area contributed by atoms with Crippen LogP contribution in [0.5, 0.6) is 0 Å². The van der Waals surface area contributed by atoms with Crippen molar-refractivity contribution in [2.24, 2.45) is 17.6 Å². The van der Waals surface area contributed by atoms with Gasteiger partial charge in [-0.05, 0) is 44.6 Å². The van der Waals surface area contributed by atoms with E-state index >= 15 is 0 Å². The van der Waals surface area contributed by atoms with Gasteiger partial charge in [-0.1, -0.05) is 12.8 Å². The largest absolute Gasteiger partial charge is 0.370 e. The summed E-state index contributed by atoms with van der Waals surface area (Å²) in [5.41, 5.74) is 5.35. The van der Waals surface area contributed by atoms with Gasteiger partial charge in [0.2, 0.25) is 5.91 Å². The molecular formula is C12H22N2O. The molecule has 3 nitrogen and oxygen atoms in total. The molecule has 0 aromatic carbocycles. The zero-order valence-electron chi connectivity index (χ0n) is 9.59. The summed E-state index contributed by atoms with van der Waals surface area (Å²) in [7, 11) is 1.97. The summed E-state index contributed by atoms with van der Waals surface area (Å²) in [4.78, 5) is 11.1. The van der Waals surface area contributed by atoms with Crippen molar-refractivity contribution in [2.45, 2.75) is 50.5 Å². The highest BCUT2D eigenvalue weighted by atomic mass is 16.1. The lowest BCUT2D eigenvalue weighted by Gasteiger charge is -2.40. The standard InChI is InChI=1S/C12H22N2O/c1-14-12(8-11(13)15)6-2-3-10(7-12)9-4-5-9/h9-10,14H,2-8H2,1H3,(H2,13,15). The molecule has 2 atom stereocenters. The van der Waals surface area contributed by atoms with Gasteiger partial charge in [0.05, 0.1) is 0 Å². The summed E-state index contributed by atoms with van der Waals surface area (Å²) in [5.74, 6) is 1.62. The van der Waals surface area contributed by atoms with Gasteiger partial charge in [0.25, 0.3) is 0 Å². The van der Waals surface area contributed by atoms with E-state index in [1.807, 2.05) is 7.05 Å².